The van der Waals surface area contributed by atoms with E-state index in [1.54, 1.807) is 0 Å². The number of ether oxygens (including phenoxy) is 10. The van der Waals surface area contributed by atoms with E-state index in [-0.39, 0.29) is 48.5 Å². The Morgan fingerprint density at radius 3 is 1.16 bits per heavy atom. The molecule has 70 heavy (non-hydrogen) atoms. The first kappa shape index (κ1) is 67.6. The highest BCUT2D eigenvalue weighted by atomic mass is 16.6. The van der Waals surface area contributed by atoms with Gasteiger partial charge in [0, 0.05) is 18.4 Å². The molecule has 1 aliphatic heterocycles. The fourth-order valence-corrected chi connectivity index (χ4v) is 9.33. The molecule has 5 unspecified atom stereocenters. The normalized spacial score (nSPS) is 19.4. The van der Waals surface area contributed by atoms with Gasteiger partial charge in [0.1, 0.15) is 18.3 Å². The van der Waals surface area contributed by atoms with Crippen LogP contribution in [-0.4, -0.2) is 129 Å². The van der Waals surface area contributed by atoms with Crippen LogP contribution in [0.4, 0.5) is 0 Å². The van der Waals surface area contributed by atoms with Gasteiger partial charge in [0.2, 0.25) is 0 Å². The molecule has 0 radical (unpaired) electrons. The molecule has 0 saturated carbocycles. The Kier molecular flexibility index (Phi) is 37.7. The summed E-state index contributed by atoms with van der Waals surface area (Å²) in [7, 11) is 0. The predicted octanol–water partition coefficient (Wildman–Crippen LogP) is 13.7. The highest BCUT2D eigenvalue weighted by Crippen LogP contribution is 2.25. The van der Waals surface area contributed by atoms with Gasteiger partial charge in [-0.2, -0.15) is 0 Å². The smallest absolute Gasteiger partial charge is 0.105 e. The van der Waals surface area contributed by atoms with Crippen molar-refractivity contribution >= 4 is 0 Å². The van der Waals surface area contributed by atoms with Crippen molar-refractivity contribution in [2.45, 2.75) is 214 Å². The minimum Gasteiger partial charge on any atom is -0.381 e. The van der Waals surface area contributed by atoms with E-state index in [0.717, 1.165) is 38.7 Å². The molecule has 0 aromatic heterocycles. The van der Waals surface area contributed by atoms with Crippen LogP contribution in [0.25, 0.3) is 0 Å². The van der Waals surface area contributed by atoms with Crippen molar-refractivity contribution < 1.29 is 47.4 Å². The Morgan fingerprint density at radius 2 is 0.686 bits per heavy atom. The van der Waals surface area contributed by atoms with Gasteiger partial charge in [-0.25, -0.2) is 0 Å². The summed E-state index contributed by atoms with van der Waals surface area (Å²) in [5.74, 6) is 6.94. The second kappa shape index (κ2) is 39.0. The molecular formula is C60H120O10. The van der Waals surface area contributed by atoms with Crippen LogP contribution in [0.2, 0.25) is 0 Å². The summed E-state index contributed by atoms with van der Waals surface area (Å²) in [6, 6.07) is 0. The average Bonchev–Trinajstić information content (AvgIpc) is 3.23. The Morgan fingerprint density at radius 1 is 0.329 bits per heavy atom. The number of hydrogen-bond acceptors (Lipinski definition) is 10. The van der Waals surface area contributed by atoms with Crippen LogP contribution in [0.15, 0.2) is 0 Å². The van der Waals surface area contributed by atoms with Crippen molar-refractivity contribution in [2.75, 3.05) is 92.5 Å². The van der Waals surface area contributed by atoms with Crippen LogP contribution < -0.4 is 0 Å². The SMILES string of the molecule is CC(C)CC(CC(C)C)OC[C@@H](COCC(COCC(COC[C@@H](COC[C@H](CC(C)C)C(C)C)C(C)C)OC(COCC1COCC(CC(C)C)O1)CC(C)C)OC[C@H](CC(C)C)C(C)C)C(C)C. The van der Waals surface area contributed by atoms with E-state index in [4.69, 9.17) is 47.4 Å². The van der Waals surface area contributed by atoms with Crippen molar-refractivity contribution in [2.24, 2.45) is 82.9 Å². The van der Waals surface area contributed by atoms with Crippen LogP contribution >= 0.6 is 0 Å². The summed E-state index contributed by atoms with van der Waals surface area (Å²) in [6.07, 6.45) is 5.94. The lowest BCUT2D eigenvalue weighted by molar-refractivity contribution is -0.171. The average molecular weight is 1000 g/mol. The van der Waals surface area contributed by atoms with Crippen molar-refractivity contribution in [1.29, 1.82) is 0 Å². The van der Waals surface area contributed by atoms with Gasteiger partial charge in [-0.1, -0.05) is 138 Å². The molecule has 0 aromatic carbocycles. The zero-order chi connectivity index (χ0) is 52.8. The third-order valence-electron chi connectivity index (χ3n) is 13.9. The van der Waals surface area contributed by atoms with Crippen molar-refractivity contribution in [1.82, 2.24) is 0 Å². The lowest BCUT2D eigenvalue weighted by atomic mass is 9.88. The zero-order valence-electron chi connectivity index (χ0n) is 49.8. The molecule has 1 saturated heterocycles. The summed E-state index contributed by atoms with van der Waals surface area (Å²) in [5.41, 5.74) is 0. The van der Waals surface area contributed by atoms with E-state index < -0.39 is 0 Å². The Labute approximate surface area is 434 Å². The zero-order valence-corrected chi connectivity index (χ0v) is 49.8. The molecule has 420 valence electrons. The highest BCUT2D eigenvalue weighted by Gasteiger charge is 2.28. The Hall–Kier alpha value is -0.400. The van der Waals surface area contributed by atoms with Gasteiger partial charge in [0.15, 0.2) is 0 Å². The van der Waals surface area contributed by atoms with Gasteiger partial charge in [-0.3, -0.25) is 0 Å². The van der Waals surface area contributed by atoms with Crippen LogP contribution in [0.1, 0.15) is 177 Å². The molecular weight excluding hydrogens is 881 g/mol. The molecule has 1 heterocycles. The minimum atomic E-state index is -0.305. The Bertz CT molecular complexity index is 1180. The molecule has 0 aliphatic carbocycles. The van der Waals surface area contributed by atoms with Gasteiger partial charge >= 0.3 is 0 Å². The van der Waals surface area contributed by atoms with Crippen molar-refractivity contribution in [3.63, 3.8) is 0 Å². The monoisotopic (exact) mass is 1000 g/mol. The quantitative estimate of drug-likeness (QED) is 0.0588. The second-order valence-electron chi connectivity index (χ2n) is 25.7. The molecule has 1 fully saturated rings. The van der Waals surface area contributed by atoms with Gasteiger partial charge < -0.3 is 47.4 Å². The standard InChI is InChI=1S/C60H120O10/c1-41(2)21-51(47(13)14)27-61-28-53(49(17)18)29-63-37-59(69-56(25-45(9)10)33-64-38-60-39-65-34-57(70-60)26-46(11)12)40-66-36-58(68-31-52(48(15)16)22-42(3)4)35-62-30-54(50(19)20)32-67-55(23-43(5)6)24-44(7)8/h41-60H,21-40H2,1-20H3/t51-,52-,53+,54+,56?,57?,58?,59?,60?/m0/s1. The van der Waals surface area contributed by atoms with Crippen molar-refractivity contribution in [3.8, 4) is 0 Å². The van der Waals surface area contributed by atoms with E-state index in [1.807, 2.05) is 0 Å². The van der Waals surface area contributed by atoms with E-state index in [9.17, 15) is 0 Å². The first-order valence-electron chi connectivity index (χ1n) is 29.0. The molecule has 0 bridgehead atoms. The maximum atomic E-state index is 6.97. The minimum absolute atomic E-state index is 0.0824. The molecule has 0 N–H and O–H groups in total. The largest absolute Gasteiger partial charge is 0.381 e. The van der Waals surface area contributed by atoms with Crippen LogP contribution in [0, 0.1) is 82.9 Å². The van der Waals surface area contributed by atoms with Crippen molar-refractivity contribution in [3.05, 3.63) is 0 Å². The lowest BCUT2D eigenvalue weighted by Gasteiger charge is -2.32. The maximum Gasteiger partial charge on any atom is 0.105 e. The molecule has 0 spiro atoms. The fraction of sp³-hybridized carbons (Fsp3) is 1.00. The number of rotatable bonds is 44. The third-order valence-corrected chi connectivity index (χ3v) is 13.9. The van der Waals surface area contributed by atoms with E-state index in [0.29, 0.717) is 157 Å². The highest BCUT2D eigenvalue weighted by molar-refractivity contribution is 4.74. The number of hydrogen-bond donors (Lipinski definition) is 0. The summed E-state index contributed by atoms with van der Waals surface area (Å²) >= 11 is 0. The molecule has 10 heteroatoms. The fourth-order valence-electron chi connectivity index (χ4n) is 9.33. The molecule has 1 rings (SSSR count). The van der Waals surface area contributed by atoms with Crippen LogP contribution in [0.5, 0.6) is 0 Å². The summed E-state index contributed by atoms with van der Waals surface area (Å²) < 4.78 is 65.3. The Balaban J connectivity index is 3.24. The van der Waals surface area contributed by atoms with Crippen LogP contribution in [-0.2, 0) is 47.4 Å². The van der Waals surface area contributed by atoms with Crippen LogP contribution in [0.3, 0.4) is 0 Å². The van der Waals surface area contributed by atoms with Gasteiger partial charge in [0.25, 0.3) is 0 Å². The topological polar surface area (TPSA) is 92.3 Å². The second-order valence-corrected chi connectivity index (χ2v) is 25.7. The molecule has 10 nitrogen and oxygen atoms in total. The van der Waals surface area contributed by atoms with E-state index in [2.05, 4.69) is 138 Å². The van der Waals surface area contributed by atoms with Gasteiger partial charge in [-0.15, -0.1) is 0 Å². The molecule has 1 aliphatic rings. The molecule has 9 atom stereocenters. The first-order valence-corrected chi connectivity index (χ1v) is 29.0. The summed E-state index contributed by atoms with van der Waals surface area (Å²) in [5, 5.41) is 0. The lowest BCUT2D eigenvalue weighted by Crippen LogP contribution is -2.40. The van der Waals surface area contributed by atoms with E-state index >= 15 is 0 Å². The maximum absolute atomic E-state index is 6.97. The summed E-state index contributed by atoms with van der Waals surface area (Å²) in [4.78, 5) is 0. The summed E-state index contributed by atoms with van der Waals surface area (Å²) in [6.45, 7) is 53.5. The van der Waals surface area contributed by atoms with Gasteiger partial charge in [-0.05, 0) is 110 Å². The molecule has 0 aromatic rings. The first-order chi connectivity index (χ1) is 32.9. The third kappa shape index (κ3) is 34.2. The predicted molar refractivity (Wildman–Crippen MR) is 292 cm³/mol. The molecule has 0 amide bonds. The van der Waals surface area contributed by atoms with Gasteiger partial charge in [0.05, 0.1) is 104 Å². The van der Waals surface area contributed by atoms with E-state index in [1.165, 1.54) is 6.42 Å².